The summed E-state index contributed by atoms with van der Waals surface area (Å²) in [5.41, 5.74) is -0.630. The summed E-state index contributed by atoms with van der Waals surface area (Å²) in [6.07, 6.45) is -2.37. The molecule has 1 aromatic rings. The number of aromatic nitrogens is 1. The molecular weight excluding hydrogens is 261 g/mol. The number of rotatable bonds is 2. The number of nitrogens with zero attached hydrogens (tertiary/aromatic N) is 2. The number of pyridine rings is 1. The zero-order valence-electron chi connectivity index (χ0n) is 6.77. The van der Waals surface area contributed by atoms with Crippen molar-refractivity contribution >= 4 is 15.9 Å². The van der Waals surface area contributed by atoms with Gasteiger partial charge in [-0.15, -0.1) is 0 Å². The average Bonchev–Trinajstić information content (AvgIpc) is 2.10. The molecule has 2 nitrogen and oxygen atoms in total. The molecule has 0 aliphatic carbocycles. The third-order valence-corrected chi connectivity index (χ3v) is 2.43. The summed E-state index contributed by atoms with van der Waals surface area (Å²) in [7, 11) is 0. The van der Waals surface area contributed by atoms with Crippen molar-refractivity contribution in [2.45, 2.75) is 12.8 Å². The number of alkyl halides is 2. The molecule has 1 heterocycles. The van der Waals surface area contributed by atoms with Gasteiger partial charge in [-0.1, -0.05) is 0 Å². The molecule has 0 bridgehead atoms. The summed E-state index contributed by atoms with van der Waals surface area (Å²) >= 11 is 2.80. The van der Waals surface area contributed by atoms with Gasteiger partial charge in [0, 0.05) is 0 Å². The van der Waals surface area contributed by atoms with Crippen LogP contribution in [0.2, 0.25) is 0 Å². The molecule has 0 aliphatic heterocycles. The van der Waals surface area contributed by atoms with Gasteiger partial charge in [0.1, 0.15) is 0 Å². The SMILES string of the molecule is N#CCc1ncc(F)c(C(F)F)c1Br. The molecule has 0 atom stereocenters. The smallest absolute Gasteiger partial charge is 0.256 e. The van der Waals surface area contributed by atoms with Crippen LogP contribution in [0.3, 0.4) is 0 Å². The van der Waals surface area contributed by atoms with Crippen LogP contribution in [0.4, 0.5) is 13.2 Å². The van der Waals surface area contributed by atoms with E-state index in [1.54, 1.807) is 6.07 Å². The summed E-state index contributed by atoms with van der Waals surface area (Å²) in [5, 5.41) is 8.35. The van der Waals surface area contributed by atoms with Gasteiger partial charge < -0.3 is 0 Å². The Bertz CT molecular complexity index is 387. The van der Waals surface area contributed by atoms with E-state index in [1.807, 2.05) is 0 Å². The molecule has 0 aliphatic rings. The standard InChI is InChI=1S/C8H4BrF3N2/c9-7-5(1-2-13)14-3-4(10)6(7)8(11)12/h3,8H,1H2. The first-order chi connectivity index (χ1) is 6.57. The second-order valence-electron chi connectivity index (χ2n) is 2.42. The van der Waals surface area contributed by atoms with Gasteiger partial charge in [-0.05, 0) is 15.9 Å². The van der Waals surface area contributed by atoms with Crippen LogP contribution in [0.15, 0.2) is 10.7 Å². The molecular formula is C8H4BrF3N2. The predicted molar refractivity (Wildman–Crippen MR) is 46.2 cm³/mol. The first-order valence-corrected chi connectivity index (χ1v) is 4.35. The third kappa shape index (κ3) is 2.04. The number of nitriles is 1. The minimum atomic E-state index is -2.93. The molecule has 14 heavy (non-hydrogen) atoms. The van der Waals surface area contributed by atoms with E-state index in [4.69, 9.17) is 5.26 Å². The molecule has 0 aromatic carbocycles. The van der Waals surface area contributed by atoms with Crippen molar-refractivity contribution in [1.29, 1.82) is 5.26 Å². The molecule has 0 saturated carbocycles. The summed E-state index contributed by atoms with van der Waals surface area (Å²) in [5.74, 6) is -1.08. The maximum Gasteiger partial charge on any atom is 0.267 e. The Hall–Kier alpha value is -1.09. The van der Waals surface area contributed by atoms with Gasteiger partial charge in [0.05, 0.1) is 34.4 Å². The van der Waals surface area contributed by atoms with Crippen LogP contribution >= 0.6 is 15.9 Å². The Morgan fingerprint density at radius 2 is 2.21 bits per heavy atom. The van der Waals surface area contributed by atoms with Gasteiger partial charge in [-0.3, -0.25) is 4.98 Å². The summed E-state index contributed by atoms with van der Waals surface area (Å²) in [4.78, 5) is 3.53. The summed E-state index contributed by atoms with van der Waals surface area (Å²) in [6.45, 7) is 0. The van der Waals surface area contributed by atoms with Crippen molar-refractivity contribution in [2.24, 2.45) is 0 Å². The van der Waals surface area contributed by atoms with Crippen LogP contribution in [0.1, 0.15) is 17.7 Å². The van der Waals surface area contributed by atoms with Gasteiger partial charge >= 0.3 is 0 Å². The van der Waals surface area contributed by atoms with Crippen LogP contribution in [-0.4, -0.2) is 4.98 Å². The van der Waals surface area contributed by atoms with E-state index in [0.29, 0.717) is 6.20 Å². The fourth-order valence-corrected chi connectivity index (χ4v) is 1.52. The second-order valence-corrected chi connectivity index (χ2v) is 3.21. The highest BCUT2D eigenvalue weighted by Crippen LogP contribution is 2.31. The molecule has 1 rings (SSSR count). The normalized spacial score (nSPS) is 10.3. The Labute approximate surface area is 86.5 Å². The first kappa shape index (κ1) is 11.0. The van der Waals surface area contributed by atoms with Crippen LogP contribution in [0.25, 0.3) is 0 Å². The highest BCUT2D eigenvalue weighted by atomic mass is 79.9. The minimum Gasteiger partial charge on any atom is -0.256 e. The monoisotopic (exact) mass is 264 g/mol. The van der Waals surface area contributed by atoms with E-state index in [2.05, 4.69) is 20.9 Å². The zero-order valence-corrected chi connectivity index (χ0v) is 8.35. The lowest BCUT2D eigenvalue weighted by Crippen LogP contribution is -2.00. The molecule has 0 fully saturated rings. The molecule has 1 aromatic heterocycles. The van der Waals surface area contributed by atoms with Crippen LogP contribution in [0, 0.1) is 17.1 Å². The van der Waals surface area contributed by atoms with E-state index < -0.39 is 17.8 Å². The first-order valence-electron chi connectivity index (χ1n) is 3.55. The number of halogens is 4. The maximum atomic E-state index is 12.9. The van der Waals surface area contributed by atoms with E-state index in [0.717, 1.165) is 0 Å². The Kier molecular flexibility index (Phi) is 3.47. The van der Waals surface area contributed by atoms with Crippen molar-refractivity contribution < 1.29 is 13.2 Å². The van der Waals surface area contributed by atoms with Crippen LogP contribution < -0.4 is 0 Å². The zero-order chi connectivity index (χ0) is 10.7. The Balaban J connectivity index is 3.28. The highest BCUT2D eigenvalue weighted by molar-refractivity contribution is 9.10. The van der Waals surface area contributed by atoms with Crippen molar-refractivity contribution in [3.05, 3.63) is 27.7 Å². The van der Waals surface area contributed by atoms with Gasteiger partial charge in [-0.2, -0.15) is 5.26 Å². The highest BCUT2D eigenvalue weighted by Gasteiger charge is 2.20. The van der Waals surface area contributed by atoms with Crippen molar-refractivity contribution in [2.75, 3.05) is 0 Å². The molecule has 74 valence electrons. The summed E-state index contributed by atoms with van der Waals surface area (Å²) in [6, 6.07) is 1.75. The lowest BCUT2D eigenvalue weighted by molar-refractivity contribution is 0.145. The molecule has 0 radical (unpaired) electrons. The largest absolute Gasteiger partial charge is 0.267 e. The topological polar surface area (TPSA) is 36.7 Å². The van der Waals surface area contributed by atoms with E-state index >= 15 is 0 Å². The van der Waals surface area contributed by atoms with Gasteiger partial charge in [0.25, 0.3) is 6.43 Å². The van der Waals surface area contributed by atoms with Crippen molar-refractivity contribution in [3.8, 4) is 6.07 Å². The predicted octanol–water partition coefficient (Wildman–Crippen LogP) is 2.99. The Morgan fingerprint density at radius 1 is 1.57 bits per heavy atom. The fourth-order valence-electron chi connectivity index (χ4n) is 0.919. The third-order valence-electron chi connectivity index (χ3n) is 1.55. The molecule has 0 saturated heterocycles. The van der Waals surface area contributed by atoms with E-state index in [-0.39, 0.29) is 16.6 Å². The lowest BCUT2D eigenvalue weighted by Gasteiger charge is -2.06. The van der Waals surface area contributed by atoms with Gasteiger partial charge in [0.2, 0.25) is 0 Å². The quantitative estimate of drug-likeness (QED) is 0.824. The van der Waals surface area contributed by atoms with E-state index in [9.17, 15) is 13.2 Å². The maximum absolute atomic E-state index is 12.9. The molecule has 0 N–H and O–H groups in total. The average molecular weight is 265 g/mol. The fraction of sp³-hybridized carbons (Fsp3) is 0.250. The van der Waals surface area contributed by atoms with Gasteiger partial charge in [-0.25, -0.2) is 13.2 Å². The minimum absolute atomic E-state index is 0.115. The molecule has 0 unspecified atom stereocenters. The number of hydrogen-bond acceptors (Lipinski definition) is 2. The molecule has 0 spiro atoms. The Morgan fingerprint density at radius 3 is 2.71 bits per heavy atom. The van der Waals surface area contributed by atoms with Crippen LogP contribution in [-0.2, 0) is 6.42 Å². The molecule has 6 heteroatoms. The van der Waals surface area contributed by atoms with Crippen molar-refractivity contribution in [3.63, 3.8) is 0 Å². The summed E-state index contributed by atoms with van der Waals surface area (Å²) < 4.78 is 37.4. The lowest BCUT2D eigenvalue weighted by atomic mass is 10.2. The molecule has 0 amide bonds. The second kappa shape index (κ2) is 4.42. The van der Waals surface area contributed by atoms with Crippen LogP contribution in [0.5, 0.6) is 0 Å². The van der Waals surface area contributed by atoms with E-state index in [1.165, 1.54) is 0 Å². The van der Waals surface area contributed by atoms with Crippen molar-refractivity contribution in [1.82, 2.24) is 4.98 Å². The van der Waals surface area contributed by atoms with Gasteiger partial charge in [0.15, 0.2) is 5.82 Å². The number of hydrogen-bond donors (Lipinski definition) is 0.